The lowest BCUT2D eigenvalue weighted by molar-refractivity contribution is -0.121. The summed E-state index contributed by atoms with van der Waals surface area (Å²) >= 11 is 0. The van der Waals surface area contributed by atoms with Crippen LogP contribution < -0.4 is 5.32 Å². The molecule has 0 heterocycles. The molecule has 0 spiro atoms. The molecule has 5 heteroatoms. The van der Waals surface area contributed by atoms with Crippen molar-refractivity contribution in [3.8, 4) is 0 Å². The fourth-order valence-corrected chi connectivity index (χ4v) is 4.14. The molecule has 2 aliphatic rings. The molecule has 4 N–H and O–H groups in total. The van der Waals surface area contributed by atoms with Crippen molar-refractivity contribution in [3.05, 3.63) is 0 Å². The van der Waals surface area contributed by atoms with E-state index in [1.165, 1.54) is 38.5 Å². The smallest absolute Gasteiger partial charge is 0.220 e. The van der Waals surface area contributed by atoms with Gasteiger partial charge in [-0.1, -0.05) is 52.4 Å². The average molecular weight is 344 g/mol. The van der Waals surface area contributed by atoms with Crippen LogP contribution in [0.4, 0.5) is 0 Å². The van der Waals surface area contributed by atoms with Gasteiger partial charge in [0.2, 0.25) is 5.91 Å². The van der Waals surface area contributed by atoms with Gasteiger partial charge in [-0.15, -0.1) is 0 Å². The summed E-state index contributed by atoms with van der Waals surface area (Å²) < 4.78 is 0. The van der Waals surface area contributed by atoms with E-state index in [1.807, 2.05) is 0 Å². The number of carbonyl (C=O) groups excluding carboxylic acids is 1. The third-order valence-electron chi connectivity index (χ3n) is 5.71. The lowest BCUT2D eigenvalue weighted by Gasteiger charge is -2.21. The highest BCUT2D eigenvalue weighted by molar-refractivity contribution is 5.75. The lowest BCUT2D eigenvalue weighted by Crippen LogP contribution is -2.35. The highest BCUT2D eigenvalue weighted by Crippen LogP contribution is 2.31. The number of carbonyl (C=O) groups is 1. The zero-order chi connectivity index (χ0) is 16.7. The van der Waals surface area contributed by atoms with Crippen molar-refractivity contribution < 1.29 is 20.1 Å². The Morgan fingerprint density at radius 1 is 1.00 bits per heavy atom. The van der Waals surface area contributed by atoms with E-state index in [-0.39, 0.29) is 31.8 Å². The zero-order valence-corrected chi connectivity index (χ0v) is 14.1. The molecule has 4 atom stereocenters. The van der Waals surface area contributed by atoms with Gasteiger partial charge in [-0.25, -0.2) is 0 Å². The second kappa shape index (κ2) is 11.1. The minimum Gasteiger partial charge on any atom is -0.396 e. The van der Waals surface area contributed by atoms with E-state index in [9.17, 15) is 15.0 Å². The van der Waals surface area contributed by atoms with Crippen molar-refractivity contribution >= 4 is 5.91 Å². The zero-order valence-electron chi connectivity index (χ0n) is 14.1. The van der Waals surface area contributed by atoms with Crippen LogP contribution in [0.5, 0.6) is 0 Å². The summed E-state index contributed by atoms with van der Waals surface area (Å²) in [7, 11) is 0. The number of rotatable bonds is 8. The van der Waals surface area contributed by atoms with E-state index >= 15 is 0 Å². The first-order valence-corrected chi connectivity index (χ1v) is 9.35. The van der Waals surface area contributed by atoms with Crippen LogP contribution in [0, 0.1) is 17.8 Å². The third kappa shape index (κ3) is 6.34. The van der Waals surface area contributed by atoms with E-state index < -0.39 is 12.2 Å². The first-order chi connectivity index (χ1) is 11.1. The van der Waals surface area contributed by atoms with Gasteiger partial charge in [0.15, 0.2) is 0 Å². The molecule has 2 rings (SSSR count). The summed E-state index contributed by atoms with van der Waals surface area (Å²) in [5.41, 5.74) is 0. The van der Waals surface area contributed by atoms with Crippen molar-refractivity contribution in [1.82, 2.24) is 5.32 Å². The Morgan fingerprint density at radius 2 is 1.67 bits per heavy atom. The molecular formula is C19H37NO4. The maximum Gasteiger partial charge on any atom is 0.220 e. The van der Waals surface area contributed by atoms with E-state index in [4.69, 9.17) is 5.11 Å². The summed E-state index contributed by atoms with van der Waals surface area (Å²) in [6, 6.07) is 0. The molecule has 0 bridgehead atoms. The van der Waals surface area contributed by atoms with Gasteiger partial charge in [-0.2, -0.15) is 0 Å². The molecule has 2 fully saturated rings. The molecule has 0 aromatic heterocycles. The van der Waals surface area contributed by atoms with E-state index in [1.54, 1.807) is 0 Å². The maximum atomic E-state index is 11.9. The summed E-state index contributed by atoms with van der Waals surface area (Å²) in [4.78, 5) is 11.9. The topological polar surface area (TPSA) is 89.8 Å². The molecule has 0 aliphatic heterocycles. The fraction of sp³-hybridized carbons (Fsp3) is 0.947. The van der Waals surface area contributed by atoms with Gasteiger partial charge in [0.25, 0.3) is 0 Å². The molecule has 0 unspecified atom stereocenters. The normalized spacial score (nSPS) is 30.8. The molecular weight excluding hydrogens is 306 g/mol. The van der Waals surface area contributed by atoms with Crippen molar-refractivity contribution in [2.24, 2.45) is 17.8 Å². The lowest BCUT2D eigenvalue weighted by atomic mass is 9.85. The van der Waals surface area contributed by atoms with Gasteiger partial charge in [0, 0.05) is 31.4 Å². The highest BCUT2D eigenvalue weighted by atomic mass is 16.3. The van der Waals surface area contributed by atoms with Crippen LogP contribution in [-0.2, 0) is 4.79 Å². The van der Waals surface area contributed by atoms with Crippen molar-refractivity contribution in [2.45, 2.75) is 83.8 Å². The van der Waals surface area contributed by atoms with Gasteiger partial charge in [-0.05, 0) is 18.8 Å². The van der Waals surface area contributed by atoms with Gasteiger partial charge in [-0.3, -0.25) is 4.79 Å². The molecule has 5 nitrogen and oxygen atoms in total. The minimum atomic E-state index is -0.877. The van der Waals surface area contributed by atoms with Crippen LogP contribution in [0.2, 0.25) is 0 Å². The predicted molar refractivity (Wildman–Crippen MR) is 95.5 cm³/mol. The molecule has 0 saturated heterocycles. The summed E-state index contributed by atoms with van der Waals surface area (Å²) in [5.74, 6) is 0.468. The Morgan fingerprint density at radius 3 is 2.29 bits per heavy atom. The van der Waals surface area contributed by atoms with E-state index in [2.05, 4.69) is 5.32 Å². The molecule has 2 aliphatic carbocycles. The van der Waals surface area contributed by atoms with Crippen LogP contribution >= 0.6 is 0 Å². The van der Waals surface area contributed by atoms with Crippen LogP contribution in [0.1, 0.15) is 71.6 Å². The number of unbranched alkanes of at least 4 members (excludes halogenated alkanes) is 1. The Hall–Kier alpha value is -0.650. The monoisotopic (exact) mass is 343 g/mol. The van der Waals surface area contributed by atoms with Gasteiger partial charge in [0.1, 0.15) is 0 Å². The number of amides is 1. The number of aliphatic hydroxyl groups excluding tert-OH is 3. The highest BCUT2D eigenvalue weighted by Gasteiger charge is 2.40. The molecule has 1 amide bonds. The third-order valence-corrected chi connectivity index (χ3v) is 5.71. The van der Waals surface area contributed by atoms with Gasteiger partial charge >= 0.3 is 0 Å². The van der Waals surface area contributed by atoms with Crippen LogP contribution in [0.25, 0.3) is 0 Å². The average Bonchev–Trinajstić information content (AvgIpc) is 2.85. The molecule has 24 heavy (non-hydrogen) atoms. The first-order valence-electron chi connectivity index (χ1n) is 9.35. The summed E-state index contributed by atoms with van der Waals surface area (Å²) in [6.45, 7) is 0.264. The Kier molecular flexibility index (Phi) is 9.86. The number of nitrogens with one attached hydrogen (secondary N) is 1. The number of hydrogen-bond donors (Lipinski definition) is 4. The van der Waals surface area contributed by atoms with Gasteiger partial charge < -0.3 is 20.6 Å². The second-order valence-corrected chi connectivity index (χ2v) is 7.47. The Balaban J connectivity index is 0.00000288. The van der Waals surface area contributed by atoms with Crippen molar-refractivity contribution in [1.29, 1.82) is 0 Å². The molecule has 142 valence electrons. The Bertz CT molecular complexity index is 357. The summed E-state index contributed by atoms with van der Waals surface area (Å²) in [5, 5.41) is 31.7. The second-order valence-electron chi connectivity index (χ2n) is 7.47. The van der Waals surface area contributed by atoms with Gasteiger partial charge in [0.05, 0.1) is 12.2 Å². The predicted octanol–water partition coefficient (Wildman–Crippen LogP) is 2.23. The van der Waals surface area contributed by atoms with Crippen LogP contribution in [-0.4, -0.2) is 46.6 Å². The molecule has 0 aromatic carbocycles. The SMILES string of the molecule is C.O=C(CCCCC1CCCCC1)NC[C@H]1C[C@H](CO)[C@H](O)[C@@H]1O. The first kappa shape index (κ1) is 21.4. The van der Waals surface area contributed by atoms with E-state index in [0.29, 0.717) is 19.4 Å². The quantitative estimate of drug-likeness (QED) is 0.509. The van der Waals surface area contributed by atoms with Crippen molar-refractivity contribution in [3.63, 3.8) is 0 Å². The molecule has 0 aromatic rings. The molecule has 0 radical (unpaired) electrons. The Labute approximate surface area is 146 Å². The standard InChI is InChI=1S/C18H33NO4.CH4/c20-12-15-10-14(17(22)18(15)23)11-19-16(21)9-5-4-8-13-6-2-1-3-7-13;/h13-15,17-18,20,22-23H,1-12H2,(H,19,21);1H4/t14-,15-,17-,18+;/m1./s1. The van der Waals surface area contributed by atoms with Crippen LogP contribution in [0.3, 0.4) is 0 Å². The molecule has 2 saturated carbocycles. The maximum absolute atomic E-state index is 11.9. The van der Waals surface area contributed by atoms with Crippen LogP contribution in [0.15, 0.2) is 0 Å². The fourth-order valence-electron chi connectivity index (χ4n) is 4.14. The minimum absolute atomic E-state index is 0. The summed E-state index contributed by atoms with van der Waals surface area (Å²) in [6.07, 6.45) is 9.52. The number of aliphatic hydroxyl groups is 3. The number of hydrogen-bond acceptors (Lipinski definition) is 4. The van der Waals surface area contributed by atoms with E-state index in [0.717, 1.165) is 18.8 Å². The largest absolute Gasteiger partial charge is 0.396 e. The van der Waals surface area contributed by atoms with Crippen molar-refractivity contribution in [2.75, 3.05) is 13.2 Å².